The molecule has 0 aliphatic heterocycles. The Morgan fingerprint density at radius 1 is 1.60 bits per heavy atom. The molecule has 0 aromatic carbocycles. The lowest BCUT2D eigenvalue weighted by atomic mass is 10.0. The lowest BCUT2D eigenvalue weighted by Crippen LogP contribution is -2.14. The summed E-state index contributed by atoms with van der Waals surface area (Å²) < 4.78 is 0. The van der Waals surface area contributed by atoms with Gasteiger partial charge in [0.2, 0.25) is 0 Å². The van der Waals surface area contributed by atoms with Gasteiger partial charge in [-0.25, -0.2) is 4.98 Å². The lowest BCUT2D eigenvalue weighted by Gasteiger charge is -2.17. The first-order valence-electron chi connectivity index (χ1n) is 4.92. The summed E-state index contributed by atoms with van der Waals surface area (Å²) in [6.45, 7) is 4.37. The average molecular weight is 244 g/mol. The van der Waals surface area contributed by atoms with Crippen LogP contribution < -0.4 is 5.56 Å². The van der Waals surface area contributed by atoms with Crippen LogP contribution in [0.3, 0.4) is 0 Å². The van der Waals surface area contributed by atoms with Crippen molar-refractivity contribution >= 4 is 24.4 Å². The number of rotatable bonds is 5. The summed E-state index contributed by atoms with van der Waals surface area (Å²) in [5.41, 5.74) is -0.0977. The van der Waals surface area contributed by atoms with Gasteiger partial charge in [0.25, 0.3) is 5.56 Å². The maximum absolute atomic E-state index is 11.0. The maximum Gasteiger partial charge on any atom is 0.251 e. The van der Waals surface area contributed by atoms with Crippen LogP contribution in [0, 0.1) is 11.8 Å². The van der Waals surface area contributed by atoms with Crippen molar-refractivity contribution in [3.05, 3.63) is 22.6 Å². The summed E-state index contributed by atoms with van der Waals surface area (Å²) in [4.78, 5) is 17.8. The number of nitrogens with one attached hydrogen (secondary N) is 1. The third-order valence-corrected chi connectivity index (χ3v) is 3.80. The van der Waals surface area contributed by atoms with Gasteiger partial charge in [-0.3, -0.25) is 4.79 Å². The van der Waals surface area contributed by atoms with Gasteiger partial charge in [-0.05, 0) is 17.6 Å². The molecule has 0 spiro atoms. The van der Waals surface area contributed by atoms with Gasteiger partial charge in [0, 0.05) is 18.0 Å². The zero-order valence-corrected chi connectivity index (χ0v) is 10.6. The fourth-order valence-corrected chi connectivity index (χ4v) is 2.98. The molecule has 15 heavy (non-hydrogen) atoms. The highest BCUT2D eigenvalue weighted by Crippen LogP contribution is 2.21. The Kier molecular flexibility index (Phi) is 5.25. The van der Waals surface area contributed by atoms with Crippen molar-refractivity contribution < 1.29 is 0 Å². The van der Waals surface area contributed by atoms with E-state index in [4.69, 9.17) is 0 Å². The normalized spacial score (nSPS) is 13.1. The summed E-state index contributed by atoms with van der Waals surface area (Å²) in [7, 11) is 0. The molecular weight excluding hydrogens is 228 g/mol. The zero-order valence-electron chi connectivity index (χ0n) is 8.93. The smallest absolute Gasteiger partial charge is 0.251 e. The monoisotopic (exact) mass is 244 g/mol. The summed E-state index contributed by atoms with van der Waals surface area (Å²) in [6.07, 6.45) is 1.53. The van der Waals surface area contributed by atoms with Crippen LogP contribution in [0.5, 0.6) is 0 Å². The first-order valence-corrected chi connectivity index (χ1v) is 6.54. The van der Waals surface area contributed by atoms with Gasteiger partial charge in [-0.15, -0.1) is 0 Å². The Morgan fingerprint density at radius 2 is 2.33 bits per heavy atom. The predicted molar refractivity (Wildman–Crippen MR) is 67.8 cm³/mol. The summed E-state index contributed by atoms with van der Waals surface area (Å²) in [5, 5.41) is 0.690. The lowest BCUT2D eigenvalue weighted by molar-refractivity contribution is 0.473. The van der Waals surface area contributed by atoms with Crippen molar-refractivity contribution in [3.8, 4) is 0 Å². The van der Waals surface area contributed by atoms with Crippen LogP contribution in [0.25, 0.3) is 0 Å². The van der Waals surface area contributed by atoms with Crippen LogP contribution in [0.15, 0.2) is 22.2 Å². The van der Waals surface area contributed by atoms with Crippen molar-refractivity contribution in [3.63, 3.8) is 0 Å². The number of H-pyrrole nitrogens is 1. The molecule has 1 rings (SSSR count). The number of hydrogen-bond acceptors (Lipinski definition) is 4. The van der Waals surface area contributed by atoms with E-state index in [1.165, 1.54) is 12.3 Å². The summed E-state index contributed by atoms with van der Waals surface area (Å²) in [6, 6.07) is 1.42. The van der Waals surface area contributed by atoms with E-state index in [1.807, 2.05) is 0 Å². The van der Waals surface area contributed by atoms with E-state index in [0.717, 1.165) is 11.5 Å². The van der Waals surface area contributed by atoms with Crippen LogP contribution >= 0.6 is 24.4 Å². The van der Waals surface area contributed by atoms with Crippen molar-refractivity contribution in [1.29, 1.82) is 0 Å². The summed E-state index contributed by atoms with van der Waals surface area (Å²) in [5.74, 6) is 2.95. The topological polar surface area (TPSA) is 45.8 Å². The minimum atomic E-state index is -0.0977. The van der Waals surface area contributed by atoms with E-state index >= 15 is 0 Å². The maximum atomic E-state index is 11.0. The first kappa shape index (κ1) is 12.6. The number of thioether (sulfide) groups is 1. The number of aromatic nitrogens is 2. The number of hydrogen-bond donors (Lipinski definition) is 2. The van der Waals surface area contributed by atoms with E-state index in [9.17, 15) is 4.79 Å². The predicted octanol–water partition coefficient (Wildman–Crippen LogP) is 2.06. The highest BCUT2D eigenvalue weighted by atomic mass is 32.2. The molecule has 84 valence electrons. The molecule has 1 aromatic rings. The Bertz CT molecular complexity index is 351. The van der Waals surface area contributed by atoms with Crippen molar-refractivity contribution in [1.82, 2.24) is 9.97 Å². The molecule has 1 aromatic heterocycles. The molecule has 0 saturated heterocycles. The standard InChI is InChI=1S/C10H16N2OS2/c1-7(2)8(5-14)6-15-10-11-4-3-9(13)12-10/h3-4,7-8,14H,5-6H2,1-2H3,(H,11,12,13). The molecule has 0 aliphatic rings. The summed E-state index contributed by atoms with van der Waals surface area (Å²) >= 11 is 5.90. The molecule has 0 saturated carbocycles. The number of aromatic amines is 1. The molecule has 0 amide bonds. The van der Waals surface area contributed by atoms with Crippen LogP contribution in [0.2, 0.25) is 0 Å². The van der Waals surface area contributed by atoms with Crippen LogP contribution in [-0.4, -0.2) is 21.5 Å². The second kappa shape index (κ2) is 6.23. The van der Waals surface area contributed by atoms with Gasteiger partial charge < -0.3 is 4.98 Å². The van der Waals surface area contributed by atoms with Crippen LogP contribution in [0.4, 0.5) is 0 Å². The molecule has 1 unspecified atom stereocenters. The Balaban J connectivity index is 2.52. The zero-order chi connectivity index (χ0) is 11.3. The van der Waals surface area contributed by atoms with Crippen molar-refractivity contribution in [2.45, 2.75) is 19.0 Å². The van der Waals surface area contributed by atoms with Crippen LogP contribution in [-0.2, 0) is 0 Å². The highest BCUT2D eigenvalue weighted by Gasteiger charge is 2.12. The van der Waals surface area contributed by atoms with Crippen molar-refractivity contribution in [2.75, 3.05) is 11.5 Å². The SMILES string of the molecule is CC(C)C(CS)CSc1nccc(=O)[nH]1. The third-order valence-electron chi connectivity index (χ3n) is 2.26. The third kappa shape index (κ3) is 4.30. The van der Waals surface area contributed by atoms with Gasteiger partial charge in [0.15, 0.2) is 5.16 Å². The average Bonchev–Trinajstić information content (AvgIpc) is 2.18. The number of thiol groups is 1. The molecule has 1 heterocycles. The molecule has 0 aliphatic carbocycles. The second-order valence-corrected chi connectivity index (χ2v) is 5.11. The molecule has 0 bridgehead atoms. The molecule has 3 nitrogen and oxygen atoms in total. The van der Waals surface area contributed by atoms with Crippen molar-refractivity contribution in [2.24, 2.45) is 11.8 Å². The molecule has 1 atom stereocenters. The second-order valence-electron chi connectivity index (χ2n) is 3.74. The van der Waals surface area contributed by atoms with E-state index in [2.05, 4.69) is 36.4 Å². The fourth-order valence-electron chi connectivity index (χ4n) is 1.07. The first-order chi connectivity index (χ1) is 7.13. The minimum Gasteiger partial charge on any atom is -0.301 e. The van der Waals surface area contributed by atoms with E-state index in [0.29, 0.717) is 17.0 Å². The number of nitrogens with zero attached hydrogens (tertiary/aromatic N) is 1. The minimum absolute atomic E-state index is 0.0977. The van der Waals surface area contributed by atoms with Gasteiger partial charge >= 0.3 is 0 Å². The van der Waals surface area contributed by atoms with E-state index < -0.39 is 0 Å². The quantitative estimate of drug-likeness (QED) is 0.473. The largest absolute Gasteiger partial charge is 0.301 e. The molecular formula is C10H16N2OS2. The highest BCUT2D eigenvalue weighted by molar-refractivity contribution is 7.99. The molecule has 0 fully saturated rings. The Morgan fingerprint density at radius 3 is 2.87 bits per heavy atom. The molecule has 5 heteroatoms. The fraction of sp³-hybridized carbons (Fsp3) is 0.600. The van der Waals surface area contributed by atoms with Crippen LogP contribution in [0.1, 0.15) is 13.8 Å². The van der Waals surface area contributed by atoms with Gasteiger partial charge in [-0.1, -0.05) is 25.6 Å². The van der Waals surface area contributed by atoms with E-state index in [1.54, 1.807) is 11.8 Å². The van der Waals surface area contributed by atoms with Gasteiger partial charge in [0.1, 0.15) is 0 Å². The van der Waals surface area contributed by atoms with Gasteiger partial charge in [-0.2, -0.15) is 12.6 Å². The van der Waals surface area contributed by atoms with E-state index in [-0.39, 0.29) is 5.56 Å². The van der Waals surface area contributed by atoms with Gasteiger partial charge in [0.05, 0.1) is 0 Å². The molecule has 0 radical (unpaired) electrons. The molecule has 1 N–H and O–H groups in total. The Labute approximate surface area is 99.5 Å². The Hall–Kier alpha value is -0.420.